The zero-order chi connectivity index (χ0) is 15.9. The normalized spacial score (nSPS) is 10.4. The largest absolute Gasteiger partial charge is 0.496 e. The second-order valence-electron chi connectivity index (χ2n) is 4.45. The minimum absolute atomic E-state index is 0.117. The van der Waals surface area contributed by atoms with Gasteiger partial charge in [0, 0.05) is 17.3 Å². The van der Waals surface area contributed by atoms with Gasteiger partial charge in [-0.15, -0.1) is 0 Å². The Kier molecular flexibility index (Phi) is 4.93. The summed E-state index contributed by atoms with van der Waals surface area (Å²) >= 11 is 0. The van der Waals surface area contributed by atoms with Crippen LogP contribution in [0.2, 0.25) is 0 Å². The van der Waals surface area contributed by atoms with Crippen LogP contribution in [-0.4, -0.2) is 24.1 Å². The van der Waals surface area contributed by atoms with Crippen LogP contribution >= 0.6 is 0 Å². The van der Waals surface area contributed by atoms with Crippen LogP contribution < -0.4 is 10.1 Å². The van der Waals surface area contributed by atoms with E-state index in [-0.39, 0.29) is 11.5 Å². The number of amides is 1. The van der Waals surface area contributed by atoms with Gasteiger partial charge >= 0.3 is 5.97 Å². The molecule has 2 rings (SSSR count). The maximum absolute atomic E-state index is 11.9. The molecular weight excluding hydrogens is 282 g/mol. The van der Waals surface area contributed by atoms with Gasteiger partial charge in [-0.05, 0) is 30.3 Å². The molecule has 2 aromatic carbocycles. The molecule has 1 amide bonds. The number of nitrogens with one attached hydrogen (secondary N) is 1. The summed E-state index contributed by atoms with van der Waals surface area (Å²) in [5, 5.41) is 11.5. The van der Waals surface area contributed by atoms with Crippen LogP contribution in [0.15, 0.2) is 54.6 Å². The highest BCUT2D eigenvalue weighted by molar-refractivity contribution is 6.02. The third-order valence-electron chi connectivity index (χ3n) is 2.93. The quantitative estimate of drug-likeness (QED) is 0.832. The second-order valence-corrected chi connectivity index (χ2v) is 4.45. The minimum Gasteiger partial charge on any atom is -0.496 e. The number of methoxy groups -OCH3 is 1. The number of rotatable bonds is 5. The van der Waals surface area contributed by atoms with Crippen molar-refractivity contribution in [3.8, 4) is 5.75 Å². The molecule has 0 unspecified atom stereocenters. The number of aromatic carboxylic acids is 1. The zero-order valence-electron chi connectivity index (χ0n) is 11.9. The molecule has 0 aromatic heterocycles. The Hall–Kier alpha value is -3.08. The van der Waals surface area contributed by atoms with Crippen molar-refractivity contribution in [1.82, 2.24) is 0 Å². The number of carboxylic acid groups (broad SMARTS) is 1. The molecule has 0 aliphatic heterocycles. The number of carboxylic acids is 1. The molecule has 0 radical (unpaired) electrons. The predicted molar refractivity (Wildman–Crippen MR) is 84.1 cm³/mol. The number of carbonyl (C=O) groups is 2. The fourth-order valence-corrected chi connectivity index (χ4v) is 1.88. The smallest absolute Gasteiger partial charge is 0.335 e. The van der Waals surface area contributed by atoms with Crippen molar-refractivity contribution in [2.45, 2.75) is 0 Å². The average Bonchev–Trinajstić information content (AvgIpc) is 2.53. The van der Waals surface area contributed by atoms with Crippen molar-refractivity contribution in [3.63, 3.8) is 0 Å². The molecule has 0 aliphatic carbocycles. The first-order chi connectivity index (χ1) is 10.6. The predicted octanol–water partition coefficient (Wildman–Crippen LogP) is 3.05. The molecule has 0 saturated carbocycles. The molecular formula is C17H15NO4. The number of para-hydroxylation sites is 1. The molecule has 0 heterocycles. The Morgan fingerprint density at radius 2 is 1.91 bits per heavy atom. The van der Waals surface area contributed by atoms with E-state index in [0.29, 0.717) is 11.4 Å². The highest BCUT2D eigenvalue weighted by Gasteiger charge is 2.05. The maximum Gasteiger partial charge on any atom is 0.335 e. The summed E-state index contributed by atoms with van der Waals surface area (Å²) in [5.41, 5.74) is 1.32. The summed E-state index contributed by atoms with van der Waals surface area (Å²) < 4.78 is 5.19. The van der Waals surface area contributed by atoms with Gasteiger partial charge in [-0.1, -0.05) is 24.3 Å². The lowest BCUT2D eigenvalue weighted by Gasteiger charge is -2.04. The molecule has 5 nitrogen and oxygen atoms in total. The van der Waals surface area contributed by atoms with Crippen LogP contribution in [-0.2, 0) is 4.79 Å². The topological polar surface area (TPSA) is 75.6 Å². The molecule has 0 bridgehead atoms. The summed E-state index contributed by atoms with van der Waals surface area (Å²) in [6, 6.07) is 13.4. The van der Waals surface area contributed by atoms with Crippen LogP contribution in [0, 0.1) is 0 Å². The van der Waals surface area contributed by atoms with Crippen molar-refractivity contribution in [3.05, 3.63) is 65.7 Å². The van der Waals surface area contributed by atoms with Gasteiger partial charge in [0.2, 0.25) is 5.91 Å². The van der Waals surface area contributed by atoms with Gasteiger partial charge in [-0.3, -0.25) is 4.79 Å². The molecule has 0 aliphatic rings. The van der Waals surface area contributed by atoms with E-state index in [9.17, 15) is 9.59 Å². The van der Waals surface area contributed by atoms with Crippen LogP contribution in [0.4, 0.5) is 5.69 Å². The van der Waals surface area contributed by atoms with E-state index in [4.69, 9.17) is 9.84 Å². The van der Waals surface area contributed by atoms with Crippen LogP contribution in [0.25, 0.3) is 6.08 Å². The standard InChI is InChI=1S/C17H15NO4/c1-22-15-8-3-2-5-12(15)9-10-16(19)18-14-7-4-6-13(11-14)17(20)21/h2-11H,1H3,(H,18,19)(H,20,21)/b10-9+. The Morgan fingerprint density at radius 3 is 2.64 bits per heavy atom. The van der Waals surface area contributed by atoms with Gasteiger partial charge < -0.3 is 15.2 Å². The van der Waals surface area contributed by atoms with E-state index in [1.807, 2.05) is 18.2 Å². The summed E-state index contributed by atoms with van der Waals surface area (Å²) in [4.78, 5) is 22.8. The van der Waals surface area contributed by atoms with Crippen LogP contribution in [0.5, 0.6) is 5.75 Å². The highest BCUT2D eigenvalue weighted by Crippen LogP contribution is 2.18. The number of anilines is 1. The van der Waals surface area contributed by atoms with Crippen molar-refractivity contribution in [2.75, 3.05) is 12.4 Å². The van der Waals surface area contributed by atoms with Crippen molar-refractivity contribution >= 4 is 23.6 Å². The molecule has 0 fully saturated rings. The summed E-state index contributed by atoms with van der Waals surface area (Å²) in [6.45, 7) is 0. The minimum atomic E-state index is -1.04. The Labute approximate surface area is 127 Å². The number of benzene rings is 2. The Bertz CT molecular complexity index is 722. The molecule has 112 valence electrons. The third-order valence-corrected chi connectivity index (χ3v) is 2.93. The van der Waals surface area contributed by atoms with E-state index >= 15 is 0 Å². The first-order valence-electron chi connectivity index (χ1n) is 6.55. The zero-order valence-corrected chi connectivity index (χ0v) is 11.9. The fraction of sp³-hybridized carbons (Fsp3) is 0.0588. The van der Waals surface area contributed by atoms with E-state index in [1.54, 1.807) is 31.4 Å². The summed E-state index contributed by atoms with van der Waals surface area (Å²) in [6.07, 6.45) is 3.00. The molecule has 0 atom stereocenters. The lowest BCUT2D eigenvalue weighted by Crippen LogP contribution is -2.08. The molecule has 2 N–H and O–H groups in total. The summed E-state index contributed by atoms with van der Waals surface area (Å²) in [7, 11) is 1.56. The SMILES string of the molecule is COc1ccccc1/C=C/C(=O)Nc1cccc(C(=O)O)c1. The molecule has 22 heavy (non-hydrogen) atoms. The number of ether oxygens (including phenoxy) is 1. The fourth-order valence-electron chi connectivity index (χ4n) is 1.88. The van der Waals surface area contributed by atoms with Crippen LogP contribution in [0.1, 0.15) is 15.9 Å². The van der Waals surface area contributed by atoms with E-state index in [0.717, 1.165) is 5.56 Å². The monoisotopic (exact) mass is 297 g/mol. The maximum atomic E-state index is 11.9. The van der Waals surface area contributed by atoms with Gasteiger partial charge in [-0.2, -0.15) is 0 Å². The van der Waals surface area contributed by atoms with Crippen molar-refractivity contribution in [1.29, 1.82) is 0 Å². The van der Waals surface area contributed by atoms with Gasteiger partial charge in [0.1, 0.15) is 5.75 Å². The summed E-state index contributed by atoms with van der Waals surface area (Å²) in [5.74, 6) is -0.728. The highest BCUT2D eigenvalue weighted by atomic mass is 16.5. The molecule has 2 aromatic rings. The number of hydrogen-bond donors (Lipinski definition) is 2. The number of carbonyl (C=O) groups excluding carboxylic acids is 1. The average molecular weight is 297 g/mol. The molecule has 0 saturated heterocycles. The van der Waals surface area contributed by atoms with Gasteiger partial charge in [0.25, 0.3) is 0 Å². The third kappa shape index (κ3) is 3.96. The Balaban J connectivity index is 2.08. The number of hydrogen-bond acceptors (Lipinski definition) is 3. The van der Waals surface area contributed by atoms with E-state index in [2.05, 4.69) is 5.32 Å². The van der Waals surface area contributed by atoms with Crippen molar-refractivity contribution in [2.24, 2.45) is 0 Å². The molecule has 5 heteroatoms. The van der Waals surface area contributed by atoms with E-state index in [1.165, 1.54) is 18.2 Å². The van der Waals surface area contributed by atoms with Gasteiger partial charge in [0.05, 0.1) is 12.7 Å². The van der Waals surface area contributed by atoms with Crippen LogP contribution in [0.3, 0.4) is 0 Å². The van der Waals surface area contributed by atoms with Gasteiger partial charge in [-0.25, -0.2) is 4.79 Å². The Morgan fingerprint density at radius 1 is 1.14 bits per heavy atom. The lowest BCUT2D eigenvalue weighted by atomic mass is 10.2. The molecule has 0 spiro atoms. The first kappa shape index (κ1) is 15.3. The van der Waals surface area contributed by atoms with Crippen molar-refractivity contribution < 1.29 is 19.4 Å². The van der Waals surface area contributed by atoms with E-state index < -0.39 is 5.97 Å². The lowest BCUT2D eigenvalue weighted by molar-refractivity contribution is -0.111. The van der Waals surface area contributed by atoms with Gasteiger partial charge in [0.15, 0.2) is 0 Å². The second kappa shape index (κ2) is 7.08. The first-order valence-corrected chi connectivity index (χ1v) is 6.55.